The zero-order valence-electron chi connectivity index (χ0n) is 10.9. The Morgan fingerprint density at radius 1 is 1.19 bits per heavy atom. The van der Waals surface area contributed by atoms with Crippen molar-refractivity contribution in [2.45, 2.75) is 13.1 Å². The summed E-state index contributed by atoms with van der Waals surface area (Å²) in [6.45, 7) is 1.81. The number of nitrogens with one attached hydrogen (secondary N) is 2. The van der Waals surface area contributed by atoms with Crippen molar-refractivity contribution in [3.8, 4) is 0 Å². The Hall–Kier alpha value is -2.64. The van der Waals surface area contributed by atoms with Crippen LogP contribution in [0.5, 0.6) is 0 Å². The van der Waals surface area contributed by atoms with Crippen LogP contribution >= 0.6 is 0 Å². The van der Waals surface area contributed by atoms with E-state index in [9.17, 15) is 13.2 Å². The predicted molar refractivity (Wildman–Crippen MR) is 69.0 cm³/mol. The molecule has 1 aromatic carbocycles. The minimum atomic E-state index is -4.34. The van der Waals surface area contributed by atoms with Crippen LogP contribution in [-0.2, 0) is 6.18 Å². The van der Waals surface area contributed by atoms with Gasteiger partial charge in [-0.05, 0) is 31.2 Å². The number of benzene rings is 1. The lowest BCUT2D eigenvalue weighted by Crippen LogP contribution is -2.28. The first-order chi connectivity index (χ1) is 9.93. The molecule has 0 amide bonds. The van der Waals surface area contributed by atoms with Crippen LogP contribution in [0.4, 0.5) is 24.7 Å². The molecule has 21 heavy (non-hydrogen) atoms. The minimum Gasteiger partial charge on any atom is -0.288 e. The van der Waals surface area contributed by atoms with Gasteiger partial charge in [-0.3, -0.25) is 5.32 Å². The summed E-state index contributed by atoms with van der Waals surface area (Å²) >= 11 is 0. The molecule has 0 unspecified atom stereocenters. The SMILES string of the molecule is Cc1cc(Nc2ccc(C(F)(F)F)cc2)[n+]2[nH]cnc2n1. The second-order valence-electron chi connectivity index (χ2n) is 4.51. The first-order valence-electron chi connectivity index (χ1n) is 6.10. The number of H-pyrrole nitrogens is 1. The highest BCUT2D eigenvalue weighted by molar-refractivity contribution is 5.55. The second kappa shape index (κ2) is 4.72. The van der Waals surface area contributed by atoms with E-state index in [0.29, 0.717) is 17.3 Å². The van der Waals surface area contributed by atoms with E-state index in [-0.39, 0.29) is 0 Å². The molecule has 0 fully saturated rings. The standard InChI is InChI=1S/C13H10F3N5/c1-8-6-11(21-12(19-8)17-7-18-21)20-10-4-2-9(3-5-10)13(14,15)16/h2-7H,1H3,(H,17,18,19,20)/p+1. The van der Waals surface area contributed by atoms with Gasteiger partial charge >= 0.3 is 12.0 Å². The van der Waals surface area contributed by atoms with Crippen LogP contribution in [0.3, 0.4) is 0 Å². The van der Waals surface area contributed by atoms with Gasteiger partial charge in [-0.1, -0.05) is 4.98 Å². The molecule has 0 radical (unpaired) electrons. The molecule has 0 aliphatic rings. The molecular weight excluding hydrogens is 283 g/mol. The summed E-state index contributed by atoms with van der Waals surface area (Å²) in [5.41, 5.74) is 0.604. The molecule has 108 valence electrons. The molecule has 2 aromatic heterocycles. The lowest BCUT2D eigenvalue weighted by Gasteiger charge is -2.07. The highest BCUT2D eigenvalue weighted by Crippen LogP contribution is 2.30. The number of aromatic amines is 1. The molecular formula is C13H11F3N5+. The van der Waals surface area contributed by atoms with Gasteiger partial charge in [-0.25, -0.2) is 5.10 Å². The summed E-state index contributed by atoms with van der Waals surface area (Å²) in [6.07, 6.45) is -2.85. The Balaban J connectivity index is 1.93. The third-order valence-electron chi connectivity index (χ3n) is 2.91. The van der Waals surface area contributed by atoms with Gasteiger partial charge in [0.05, 0.1) is 11.3 Å². The van der Waals surface area contributed by atoms with Crippen LogP contribution in [0.2, 0.25) is 0 Å². The average Bonchev–Trinajstić information content (AvgIpc) is 2.86. The normalized spacial score (nSPS) is 11.8. The fourth-order valence-electron chi connectivity index (χ4n) is 1.95. The highest BCUT2D eigenvalue weighted by atomic mass is 19.4. The number of aromatic nitrogens is 4. The number of nitrogens with zero attached hydrogens (tertiary/aromatic N) is 3. The first kappa shape index (κ1) is 13.3. The molecule has 5 nitrogen and oxygen atoms in total. The van der Waals surface area contributed by atoms with Crippen LogP contribution in [0.1, 0.15) is 11.3 Å². The number of halogens is 3. The van der Waals surface area contributed by atoms with E-state index in [2.05, 4.69) is 20.4 Å². The van der Waals surface area contributed by atoms with E-state index in [1.807, 2.05) is 6.92 Å². The third-order valence-corrected chi connectivity index (χ3v) is 2.91. The lowest BCUT2D eigenvalue weighted by molar-refractivity contribution is -0.564. The lowest BCUT2D eigenvalue weighted by atomic mass is 10.2. The summed E-state index contributed by atoms with van der Waals surface area (Å²) in [5.74, 6) is 1.11. The Morgan fingerprint density at radius 3 is 2.57 bits per heavy atom. The van der Waals surface area contributed by atoms with Gasteiger partial charge in [0.15, 0.2) is 6.33 Å². The molecule has 3 rings (SSSR count). The van der Waals surface area contributed by atoms with Crippen molar-refractivity contribution in [3.05, 3.63) is 47.9 Å². The van der Waals surface area contributed by atoms with E-state index in [4.69, 9.17) is 0 Å². The van der Waals surface area contributed by atoms with Crippen LogP contribution in [0.25, 0.3) is 5.78 Å². The van der Waals surface area contributed by atoms with Crippen molar-refractivity contribution in [1.82, 2.24) is 15.1 Å². The van der Waals surface area contributed by atoms with Crippen molar-refractivity contribution in [1.29, 1.82) is 0 Å². The zero-order chi connectivity index (χ0) is 15.0. The van der Waals surface area contributed by atoms with Crippen molar-refractivity contribution in [2.24, 2.45) is 0 Å². The summed E-state index contributed by atoms with van der Waals surface area (Å²) < 4.78 is 39.2. The van der Waals surface area contributed by atoms with Crippen molar-refractivity contribution in [3.63, 3.8) is 0 Å². The fourth-order valence-corrected chi connectivity index (χ4v) is 1.95. The van der Waals surface area contributed by atoms with Crippen molar-refractivity contribution < 1.29 is 17.7 Å². The number of alkyl halides is 3. The van der Waals surface area contributed by atoms with Gasteiger partial charge in [-0.2, -0.15) is 13.2 Å². The third kappa shape index (κ3) is 2.64. The number of anilines is 2. The average molecular weight is 294 g/mol. The van der Waals surface area contributed by atoms with Gasteiger partial charge in [0.2, 0.25) is 5.82 Å². The van der Waals surface area contributed by atoms with Gasteiger partial charge in [0.25, 0.3) is 0 Å². The Kier molecular flexibility index (Phi) is 3.00. The maximum absolute atomic E-state index is 12.5. The number of fused-ring (bicyclic) bond motifs is 1. The number of aryl methyl sites for hydroxylation is 1. The summed E-state index contributed by atoms with van der Waals surface area (Å²) in [4.78, 5) is 8.25. The minimum absolute atomic E-state index is 0.476. The second-order valence-corrected chi connectivity index (χ2v) is 4.51. The molecule has 0 aliphatic heterocycles. The topological polar surface area (TPSA) is 57.7 Å². The Labute approximate surface area is 117 Å². The fraction of sp³-hybridized carbons (Fsp3) is 0.154. The van der Waals surface area contributed by atoms with Gasteiger partial charge in [0, 0.05) is 6.07 Å². The largest absolute Gasteiger partial charge is 0.416 e. The number of rotatable bonds is 2. The molecule has 0 atom stereocenters. The smallest absolute Gasteiger partial charge is 0.288 e. The first-order valence-corrected chi connectivity index (χ1v) is 6.10. The zero-order valence-corrected chi connectivity index (χ0v) is 10.9. The molecule has 0 bridgehead atoms. The van der Waals surface area contributed by atoms with Gasteiger partial charge < -0.3 is 0 Å². The van der Waals surface area contributed by atoms with Crippen molar-refractivity contribution >= 4 is 17.3 Å². The number of hydrogen-bond donors (Lipinski definition) is 2. The van der Waals surface area contributed by atoms with E-state index >= 15 is 0 Å². The summed E-state index contributed by atoms with van der Waals surface area (Å²) in [7, 11) is 0. The molecule has 0 saturated heterocycles. The Morgan fingerprint density at radius 2 is 1.90 bits per heavy atom. The van der Waals surface area contributed by atoms with E-state index in [1.165, 1.54) is 18.5 Å². The molecule has 2 heterocycles. The van der Waals surface area contributed by atoms with Crippen LogP contribution in [0.15, 0.2) is 36.7 Å². The van der Waals surface area contributed by atoms with Crippen LogP contribution < -0.4 is 9.83 Å². The summed E-state index contributed by atoms with van der Waals surface area (Å²) in [5, 5.41) is 5.91. The molecule has 3 aromatic rings. The van der Waals surface area contributed by atoms with Crippen LogP contribution in [-0.4, -0.2) is 15.1 Å². The Bertz CT molecular complexity index is 777. The summed E-state index contributed by atoms with van der Waals surface area (Å²) in [6, 6.07) is 6.59. The molecule has 8 heteroatoms. The number of hydrogen-bond acceptors (Lipinski definition) is 3. The highest BCUT2D eigenvalue weighted by Gasteiger charge is 2.30. The molecule has 0 spiro atoms. The van der Waals surface area contributed by atoms with E-state index in [0.717, 1.165) is 17.8 Å². The molecule has 2 N–H and O–H groups in total. The maximum atomic E-state index is 12.5. The van der Waals surface area contributed by atoms with E-state index < -0.39 is 11.7 Å². The molecule has 0 aliphatic carbocycles. The quantitative estimate of drug-likeness (QED) is 0.714. The van der Waals surface area contributed by atoms with Gasteiger partial charge in [-0.15, -0.1) is 9.50 Å². The van der Waals surface area contributed by atoms with E-state index in [1.54, 1.807) is 10.6 Å². The van der Waals surface area contributed by atoms with Gasteiger partial charge in [0.1, 0.15) is 5.69 Å². The van der Waals surface area contributed by atoms with Crippen LogP contribution in [0, 0.1) is 6.92 Å². The molecule has 0 saturated carbocycles. The van der Waals surface area contributed by atoms with Crippen molar-refractivity contribution in [2.75, 3.05) is 5.32 Å². The monoisotopic (exact) mass is 294 g/mol. The predicted octanol–water partition coefficient (Wildman–Crippen LogP) is 2.61. The maximum Gasteiger partial charge on any atom is 0.416 e.